The third kappa shape index (κ3) is 3.32. The molecule has 0 unspecified atom stereocenters. The number of piperidine rings is 1. The number of carbonyl (C=O) groups is 2. The summed E-state index contributed by atoms with van der Waals surface area (Å²) in [5.74, 6) is 1.04. The second kappa shape index (κ2) is 4.98. The normalized spacial score (nSPS) is 20.3. The average molecular weight is 225 g/mol. The number of hydrogen-bond donors (Lipinski definition) is 0. The lowest BCUT2D eigenvalue weighted by Gasteiger charge is -2.36. The van der Waals surface area contributed by atoms with Gasteiger partial charge in [-0.2, -0.15) is 0 Å². The SMILES string of the molecule is CC(C)CCC(=O)N1CCC(=O)C(C)(C)C1. The predicted octanol–water partition coefficient (Wildman–Crippen LogP) is 2.25. The van der Waals surface area contributed by atoms with E-state index in [0.717, 1.165) is 6.42 Å². The molecule has 0 atom stereocenters. The van der Waals surface area contributed by atoms with E-state index in [4.69, 9.17) is 0 Å². The van der Waals surface area contributed by atoms with Crippen LogP contribution in [0.1, 0.15) is 47.0 Å². The van der Waals surface area contributed by atoms with Crippen LogP contribution in [0.25, 0.3) is 0 Å². The molecule has 0 aliphatic carbocycles. The lowest BCUT2D eigenvalue weighted by atomic mass is 9.82. The van der Waals surface area contributed by atoms with Crippen LogP contribution in [-0.4, -0.2) is 29.7 Å². The van der Waals surface area contributed by atoms with E-state index in [1.54, 1.807) is 0 Å². The van der Waals surface area contributed by atoms with Gasteiger partial charge in [-0.05, 0) is 12.3 Å². The molecular formula is C13H23NO2. The van der Waals surface area contributed by atoms with Crippen LogP contribution in [0.5, 0.6) is 0 Å². The summed E-state index contributed by atoms with van der Waals surface area (Å²) in [7, 11) is 0. The van der Waals surface area contributed by atoms with E-state index in [-0.39, 0.29) is 17.1 Å². The molecule has 0 N–H and O–H groups in total. The second-order valence-corrected chi connectivity index (χ2v) is 5.80. The molecule has 0 aromatic heterocycles. The molecule has 3 heteroatoms. The molecule has 1 heterocycles. The van der Waals surface area contributed by atoms with Crippen LogP contribution in [0.4, 0.5) is 0 Å². The van der Waals surface area contributed by atoms with Crippen molar-refractivity contribution in [2.24, 2.45) is 11.3 Å². The van der Waals surface area contributed by atoms with E-state index in [1.807, 2.05) is 18.7 Å². The Bertz CT molecular complexity index is 282. The molecule has 92 valence electrons. The lowest BCUT2D eigenvalue weighted by molar-refractivity contribution is -0.141. The maximum atomic E-state index is 11.9. The average Bonchev–Trinajstić information content (AvgIpc) is 2.18. The van der Waals surface area contributed by atoms with Crippen LogP contribution in [0.15, 0.2) is 0 Å². The molecule has 0 bridgehead atoms. The minimum absolute atomic E-state index is 0.203. The fourth-order valence-electron chi connectivity index (χ4n) is 2.00. The fourth-order valence-corrected chi connectivity index (χ4v) is 2.00. The quantitative estimate of drug-likeness (QED) is 0.738. The zero-order chi connectivity index (χ0) is 12.3. The van der Waals surface area contributed by atoms with Crippen molar-refractivity contribution in [3.05, 3.63) is 0 Å². The summed E-state index contributed by atoms with van der Waals surface area (Å²) >= 11 is 0. The minimum atomic E-state index is -0.355. The zero-order valence-corrected chi connectivity index (χ0v) is 10.9. The van der Waals surface area contributed by atoms with Gasteiger partial charge in [0.25, 0.3) is 0 Å². The Labute approximate surface area is 98.2 Å². The number of rotatable bonds is 3. The largest absolute Gasteiger partial charge is 0.341 e. The molecular weight excluding hydrogens is 202 g/mol. The summed E-state index contributed by atoms with van der Waals surface area (Å²) in [5.41, 5.74) is -0.355. The maximum absolute atomic E-state index is 11.9. The summed E-state index contributed by atoms with van der Waals surface area (Å²) in [4.78, 5) is 25.4. The highest BCUT2D eigenvalue weighted by molar-refractivity contribution is 5.87. The van der Waals surface area contributed by atoms with Crippen LogP contribution in [0.2, 0.25) is 0 Å². The number of Topliss-reactive ketones (excluding diaryl/α,β-unsaturated/α-hetero) is 1. The standard InChI is InChI=1S/C13H23NO2/c1-10(2)5-6-12(16)14-8-7-11(15)13(3,4)9-14/h10H,5-9H2,1-4H3. The van der Waals surface area contributed by atoms with E-state index >= 15 is 0 Å². The van der Waals surface area contributed by atoms with E-state index in [0.29, 0.717) is 31.8 Å². The summed E-state index contributed by atoms with van der Waals surface area (Å²) in [6.45, 7) is 9.30. The van der Waals surface area contributed by atoms with Gasteiger partial charge in [0, 0.05) is 31.3 Å². The van der Waals surface area contributed by atoms with Gasteiger partial charge in [-0.1, -0.05) is 27.7 Å². The number of carbonyl (C=O) groups excluding carboxylic acids is 2. The smallest absolute Gasteiger partial charge is 0.222 e. The first-order valence-electron chi connectivity index (χ1n) is 6.14. The van der Waals surface area contributed by atoms with E-state index in [9.17, 15) is 9.59 Å². The highest BCUT2D eigenvalue weighted by Gasteiger charge is 2.35. The summed E-state index contributed by atoms with van der Waals surface area (Å²) in [6.07, 6.45) is 2.06. The van der Waals surface area contributed by atoms with Crippen molar-refractivity contribution in [2.75, 3.05) is 13.1 Å². The lowest BCUT2D eigenvalue weighted by Crippen LogP contribution is -2.48. The second-order valence-electron chi connectivity index (χ2n) is 5.80. The van der Waals surface area contributed by atoms with Crippen LogP contribution in [0, 0.1) is 11.3 Å². The molecule has 1 aliphatic rings. The van der Waals surface area contributed by atoms with Gasteiger partial charge in [-0.3, -0.25) is 9.59 Å². The van der Waals surface area contributed by atoms with Crippen molar-refractivity contribution < 1.29 is 9.59 Å². The molecule has 16 heavy (non-hydrogen) atoms. The van der Waals surface area contributed by atoms with Crippen LogP contribution in [0.3, 0.4) is 0 Å². The van der Waals surface area contributed by atoms with Crippen molar-refractivity contribution in [1.82, 2.24) is 4.90 Å². The van der Waals surface area contributed by atoms with Crippen molar-refractivity contribution in [3.63, 3.8) is 0 Å². The first-order valence-corrected chi connectivity index (χ1v) is 6.14. The Balaban J connectivity index is 2.49. The van der Waals surface area contributed by atoms with Crippen molar-refractivity contribution in [1.29, 1.82) is 0 Å². The Morgan fingerprint density at radius 2 is 2.06 bits per heavy atom. The predicted molar refractivity (Wildman–Crippen MR) is 64.1 cm³/mol. The molecule has 1 fully saturated rings. The molecule has 3 nitrogen and oxygen atoms in total. The fraction of sp³-hybridized carbons (Fsp3) is 0.846. The molecule has 1 amide bonds. The highest BCUT2D eigenvalue weighted by Crippen LogP contribution is 2.25. The van der Waals surface area contributed by atoms with Crippen LogP contribution in [-0.2, 0) is 9.59 Å². The Morgan fingerprint density at radius 1 is 1.44 bits per heavy atom. The van der Waals surface area contributed by atoms with Crippen LogP contribution < -0.4 is 0 Å². The summed E-state index contributed by atoms with van der Waals surface area (Å²) in [5, 5.41) is 0. The molecule has 1 rings (SSSR count). The van der Waals surface area contributed by atoms with Gasteiger partial charge in [0.15, 0.2) is 0 Å². The van der Waals surface area contributed by atoms with Gasteiger partial charge < -0.3 is 4.90 Å². The maximum Gasteiger partial charge on any atom is 0.222 e. The van der Waals surface area contributed by atoms with Gasteiger partial charge in [0.2, 0.25) is 5.91 Å². The van der Waals surface area contributed by atoms with Gasteiger partial charge in [-0.15, -0.1) is 0 Å². The zero-order valence-electron chi connectivity index (χ0n) is 10.9. The summed E-state index contributed by atoms with van der Waals surface area (Å²) < 4.78 is 0. The molecule has 0 aromatic carbocycles. The molecule has 1 aliphatic heterocycles. The number of nitrogens with zero attached hydrogens (tertiary/aromatic N) is 1. The highest BCUT2D eigenvalue weighted by atomic mass is 16.2. The molecule has 0 aromatic rings. The van der Waals surface area contributed by atoms with Crippen molar-refractivity contribution >= 4 is 11.7 Å². The first kappa shape index (κ1) is 13.2. The van der Waals surface area contributed by atoms with Gasteiger partial charge in [-0.25, -0.2) is 0 Å². The number of ketones is 1. The number of hydrogen-bond acceptors (Lipinski definition) is 2. The van der Waals surface area contributed by atoms with Gasteiger partial charge >= 0.3 is 0 Å². The Morgan fingerprint density at radius 3 is 2.56 bits per heavy atom. The Kier molecular flexibility index (Phi) is 4.11. The third-order valence-electron chi connectivity index (χ3n) is 3.24. The minimum Gasteiger partial charge on any atom is -0.341 e. The summed E-state index contributed by atoms with van der Waals surface area (Å²) in [6, 6.07) is 0. The van der Waals surface area contributed by atoms with Crippen molar-refractivity contribution in [3.8, 4) is 0 Å². The van der Waals surface area contributed by atoms with Crippen molar-refractivity contribution in [2.45, 2.75) is 47.0 Å². The topological polar surface area (TPSA) is 37.4 Å². The van der Waals surface area contributed by atoms with Gasteiger partial charge in [0.1, 0.15) is 5.78 Å². The van der Waals surface area contributed by atoms with Gasteiger partial charge in [0.05, 0.1) is 0 Å². The van der Waals surface area contributed by atoms with Crippen LogP contribution >= 0.6 is 0 Å². The monoisotopic (exact) mass is 225 g/mol. The molecule has 0 radical (unpaired) electrons. The number of amides is 1. The molecule has 0 saturated carbocycles. The molecule has 1 saturated heterocycles. The Hall–Kier alpha value is -0.860. The number of likely N-dealkylation sites (tertiary alicyclic amines) is 1. The molecule has 0 spiro atoms. The first-order chi connectivity index (χ1) is 7.33. The van der Waals surface area contributed by atoms with E-state index in [1.165, 1.54) is 0 Å². The van der Waals surface area contributed by atoms with E-state index in [2.05, 4.69) is 13.8 Å². The van der Waals surface area contributed by atoms with E-state index < -0.39 is 0 Å². The third-order valence-corrected chi connectivity index (χ3v) is 3.24.